The van der Waals surface area contributed by atoms with Crippen molar-refractivity contribution < 1.29 is 4.79 Å². The Morgan fingerprint density at radius 1 is 1.13 bits per heavy atom. The van der Waals surface area contributed by atoms with Gasteiger partial charge in [-0.15, -0.1) is 0 Å². The molecule has 5 heteroatoms. The molecule has 5 nitrogen and oxygen atoms in total. The van der Waals surface area contributed by atoms with E-state index in [1.165, 1.54) is 5.56 Å². The smallest absolute Gasteiger partial charge is 0.270 e. The van der Waals surface area contributed by atoms with Crippen LogP contribution >= 0.6 is 0 Å². The minimum Gasteiger partial charge on any atom is -0.354 e. The van der Waals surface area contributed by atoms with Crippen molar-refractivity contribution in [2.75, 3.05) is 18.4 Å². The number of unbranched alkanes of at least 4 members (excludes halogenated alkanes) is 1. The summed E-state index contributed by atoms with van der Waals surface area (Å²) in [5.74, 6) is 0.358. The van der Waals surface area contributed by atoms with Crippen molar-refractivity contribution in [1.82, 2.24) is 15.3 Å². The maximum atomic E-state index is 12.2. The van der Waals surface area contributed by atoms with Crippen molar-refractivity contribution in [1.29, 1.82) is 0 Å². The van der Waals surface area contributed by atoms with Gasteiger partial charge in [-0.25, -0.2) is 9.97 Å². The summed E-state index contributed by atoms with van der Waals surface area (Å²) in [7, 11) is 0. The highest BCUT2D eigenvalue weighted by molar-refractivity contribution is 5.92. The third-order valence-electron chi connectivity index (χ3n) is 3.44. The van der Waals surface area contributed by atoms with E-state index in [0.29, 0.717) is 18.2 Å². The summed E-state index contributed by atoms with van der Waals surface area (Å²) in [5.41, 5.74) is 2.39. The first-order valence-corrected chi connectivity index (χ1v) is 8.10. The van der Waals surface area contributed by atoms with Crippen LogP contribution in [-0.2, 0) is 6.42 Å². The van der Waals surface area contributed by atoms with Gasteiger partial charge in [0.25, 0.3) is 5.91 Å². The van der Waals surface area contributed by atoms with Gasteiger partial charge >= 0.3 is 0 Å². The molecule has 1 aromatic carbocycles. The highest BCUT2D eigenvalue weighted by Gasteiger charge is 2.10. The maximum Gasteiger partial charge on any atom is 0.270 e. The van der Waals surface area contributed by atoms with E-state index in [9.17, 15) is 4.79 Å². The van der Waals surface area contributed by atoms with E-state index in [0.717, 1.165) is 31.5 Å². The van der Waals surface area contributed by atoms with Gasteiger partial charge in [0.2, 0.25) is 5.95 Å². The molecule has 0 aliphatic heterocycles. The van der Waals surface area contributed by atoms with Gasteiger partial charge in [-0.05, 0) is 31.4 Å². The number of carbonyl (C=O) groups is 1. The molecular formula is C18H24N4O. The largest absolute Gasteiger partial charge is 0.354 e. The van der Waals surface area contributed by atoms with Gasteiger partial charge in [-0.2, -0.15) is 0 Å². The Bertz CT molecular complexity index is 628. The second kappa shape index (κ2) is 8.88. The van der Waals surface area contributed by atoms with Gasteiger partial charge in [0.05, 0.1) is 0 Å². The summed E-state index contributed by atoms with van der Waals surface area (Å²) in [6.07, 6.45) is 2.96. The third-order valence-corrected chi connectivity index (χ3v) is 3.44. The van der Waals surface area contributed by atoms with E-state index in [1.807, 2.05) is 25.1 Å². The van der Waals surface area contributed by atoms with E-state index in [2.05, 4.69) is 39.7 Å². The van der Waals surface area contributed by atoms with Crippen LogP contribution in [0.5, 0.6) is 0 Å². The minimum atomic E-state index is -0.162. The molecule has 0 aliphatic carbocycles. The number of aryl methyl sites for hydroxylation is 1. The van der Waals surface area contributed by atoms with Gasteiger partial charge < -0.3 is 10.6 Å². The van der Waals surface area contributed by atoms with E-state index < -0.39 is 0 Å². The summed E-state index contributed by atoms with van der Waals surface area (Å²) >= 11 is 0. The number of nitrogens with zero attached hydrogens (tertiary/aromatic N) is 2. The molecule has 23 heavy (non-hydrogen) atoms. The highest BCUT2D eigenvalue weighted by Crippen LogP contribution is 2.06. The number of hydrogen-bond acceptors (Lipinski definition) is 4. The Morgan fingerprint density at radius 3 is 2.65 bits per heavy atom. The Balaban J connectivity index is 1.90. The van der Waals surface area contributed by atoms with E-state index >= 15 is 0 Å². The number of anilines is 1. The maximum absolute atomic E-state index is 12.2. The van der Waals surface area contributed by atoms with Gasteiger partial charge in [-0.1, -0.05) is 43.7 Å². The first kappa shape index (κ1) is 16.9. The molecule has 0 aliphatic rings. The van der Waals surface area contributed by atoms with Crippen LogP contribution in [0.1, 0.15) is 41.5 Å². The normalized spacial score (nSPS) is 10.3. The minimum absolute atomic E-state index is 0.162. The molecule has 1 heterocycles. The predicted octanol–water partition coefficient (Wildman–Crippen LogP) is 2.97. The number of rotatable bonds is 8. The summed E-state index contributed by atoms with van der Waals surface area (Å²) in [5, 5.41) is 6.07. The highest BCUT2D eigenvalue weighted by atomic mass is 16.1. The lowest BCUT2D eigenvalue weighted by molar-refractivity contribution is 0.0949. The molecule has 2 rings (SSSR count). The molecule has 2 N–H and O–H groups in total. The molecule has 0 radical (unpaired) electrons. The number of benzene rings is 1. The molecule has 0 fully saturated rings. The average molecular weight is 312 g/mol. The first-order chi connectivity index (χ1) is 11.2. The van der Waals surface area contributed by atoms with E-state index in [1.54, 1.807) is 6.07 Å². The van der Waals surface area contributed by atoms with Crippen LogP contribution in [0.3, 0.4) is 0 Å². The molecule has 0 spiro atoms. The zero-order valence-corrected chi connectivity index (χ0v) is 13.8. The van der Waals surface area contributed by atoms with Crippen LogP contribution in [0.15, 0.2) is 36.4 Å². The Kier molecular flexibility index (Phi) is 6.54. The molecule has 0 unspecified atom stereocenters. The van der Waals surface area contributed by atoms with Crippen LogP contribution in [-0.4, -0.2) is 29.0 Å². The second-order valence-electron chi connectivity index (χ2n) is 5.49. The number of aromatic nitrogens is 2. The van der Waals surface area contributed by atoms with Crippen molar-refractivity contribution in [3.63, 3.8) is 0 Å². The van der Waals surface area contributed by atoms with Crippen molar-refractivity contribution >= 4 is 11.9 Å². The fourth-order valence-electron chi connectivity index (χ4n) is 2.20. The average Bonchev–Trinajstić information content (AvgIpc) is 2.55. The van der Waals surface area contributed by atoms with Crippen molar-refractivity contribution in [3.8, 4) is 0 Å². The van der Waals surface area contributed by atoms with Gasteiger partial charge in [0, 0.05) is 18.8 Å². The molecule has 122 valence electrons. The Hall–Kier alpha value is -2.43. The van der Waals surface area contributed by atoms with E-state index in [4.69, 9.17) is 0 Å². The fourth-order valence-corrected chi connectivity index (χ4v) is 2.20. The van der Waals surface area contributed by atoms with Crippen LogP contribution in [0, 0.1) is 6.92 Å². The predicted molar refractivity (Wildman–Crippen MR) is 92.6 cm³/mol. The lowest BCUT2D eigenvalue weighted by Crippen LogP contribution is -2.27. The van der Waals surface area contributed by atoms with Gasteiger partial charge in [0.15, 0.2) is 0 Å². The Labute approximate surface area is 137 Å². The molecule has 0 atom stereocenters. The first-order valence-electron chi connectivity index (χ1n) is 8.10. The lowest BCUT2D eigenvalue weighted by atomic mass is 10.1. The summed E-state index contributed by atoms with van der Waals surface area (Å²) in [6.45, 7) is 5.40. The zero-order valence-electron chi connectivity index (χ0n) is 13.8. The van der Waals surface area contributed by atoms with Crippen LogP contribution in [0.2, 0.25) is 0 Å². The van der Waals surface area contributed by atoms with Crippen LogP contribution < -0.4 is 10.6 Å². The third kappa shape index (κ3) is 5.70. The van der Waals surface area contributed by atoms with Crippen molar-refractivity contribution in [3.05, 3.63) is 53.3 Å². The van der Waals surface area contributed by atoms with Crippen molar-refractivity contribution in [2.45, 2.75) is 33.1 Å². The lowest BCUT2D eigenvalue weighted by Gasteiger charge is -2.08. The van der Waals surface area contributed by atoms with E-state index in [-0.39, 0.29) is 5.91 Å². The standard InChI is InChI=1S/C18H24N4O/c1-3-4-11-20-18-21-14(2)13-16(22-18)17(23)19-12-10-15-8-6-5-7-9-15/h5-9,13H,3-4,10-12H2,1-2H3,(H,19,23)(H,20,21,22). The van der Waals surface area contributed by atoms with Crippen molar-refractivity contribution in [2.24, 2.45) is 0 Å². The molecule has 0 saturated heterocycles. The summed E-state index contributed by atoms with van der Waals surface area (Å²) in [6, 6.07) is 11.8. The topological polar surface area (TPSA) is 66.9 Å². The monoisotopic (exact) mass is 312 g/mol. The van der Waals surface area contributed by atoms with Crippen LogP contribution in [0.25, 0.3) is 0 Å². The van der Waals surface area contributed by atoms with Gasteiger partial charge in [0.1, 0.15) is 5.69 Å². The molecule has 0 saturated carbocycles. The molecular weight excluding hydrogens is 288 g/mol. The second-order valence-corrected chi connectivity index (χ2v) is 5.49. The van der Waals surface area contributed by atoms with Crippen LogP contribution in [0.4, 0.5) is 5.95 Å². The number of amides is 1. The zero-order chi connectivity index (χ0) is 16.5. The summed E-state index contributed by atoms with van der Waals surface area (Å²) in [4.78, 5) is 20.9. The number of hydrogen-bond donors (Lipinski definition) is 2. The fraction of sp³-hybridized carbons (Fsp3) is 0.389. The molecule has 0 bridgehead atoms. The molecule has 1 aromatic heterocycles. The Morgan fingerprint density at radius 2 is 1.91 bits per heavy atom. The summed E-state index contributed by atoms with van der Waals surface area (Å²) < 4.78 is 0. The molecule has 2 aromatic rings. The number of carbonyl (C=O) groups excluding carboxylic acids is 1. The SMILES string of the molecule is CCCCNc1nc(C)cc(C(=O)NCCc2ccccc2)n1. The number of nitrogens with one attached hydrogen (secondary N) is 2. The van der Waals surface area contributed by atoms with Gasteiger partial charge in [-0.3, -0.25) is 4.79 Å². The quantitative estimate of drug-likeness (QED) is 0.735. The molecule has 1 amide bonds.